The molecule has 0 aliphatic rings. The molecule has 0 aliphatic heterocycles. The average molecular weight is 264 g/mol. The quantitative estimate of drug-likeness (QED) is 0.717. The van der Waals surface area contributed by atoms with Crippen molar-refractivity contribution in [2.24, 2.45) is 0 Å². The molecule has 3 N–H and O–H groups in total. The van der Waals surface area contributed by atoms with Crippen LogP contribution in [0.2, 0.25) is 5.02 Å². The highest BCUT2D eigenvalue weighted by atomic mass is 35.5. The molecule has 0 saturated carbocycles. The minimum Gasteiger partial charge on any atom is -0.308 e. The average Bonchev–Trinajstić information content (AvgIpc) is 2.04. The Morgan fingerprint density at radius 3 is 2.25 bits per heavy atom. The Balaban J connectivity index is 3.06. The first-order valence-electron chi connectivity index (χ1n) is 4.73. The smallest absolute Gasteiger partial charge is 0.308 e. The van der Waals surface area contributed by atoms with Crippen LogP contribution in [-0.4, -0.2) is 9.79 Å². The lowest BCUT2D eigenvalue weighted by Gasteiger charge is -2.20. The Morgan fingerprint density at radius 1 is 1.31 bits per heavy atom. The normalized spacial score (nSPS) is 12.6. The summed E-state index contributed by atoms with van der Waals surface area (Å²) < 4.78 is 10.8. The molecule has 16 heavy (non-hydrogen) atoms. The van der Waals surface area contributed by atoms with Crippen LogP contribution in [0.15, 0.2) is 18.2 Å². The van der Waals surface area contributed by atoms with Crippen LogP contribution in [0.25, 0.3) is 0 Å². The molecule has 0 atom stereocenters. The SMILES string of the molecule is CC(C)(C)c1ccc(NP(=O)(O)O)c(Cl)c1. The van der Waals surface area contributed by atoms with Gasteiger partial charge in [0.1, 0.15) is 0 Å². The minimum atomic E-state index is -4.30. The Hall–Kier alpha value is -0.540. The van der Waals surface area contributed by atoms with E-state index in [1.807, 2.05) is 20.8 Å². The molecule has 1 aromatic carbocycles. The number of hydrogen-bond donors (Lipinski definition) is 3. The van der Waals surface area contributed by atoms with Gasteiger partial charge in [-0.25, -0.2) is 4.57 Å². The van der Waals surface area contributed by atoms with E-state index in [2.05, 4.69) is 5.09 Å². The molecular formula is C10H15ClNO3P. The van der Waals surface area contributed by atoms with Gasteiger partial charge >= 0.3 is 7.75 Å². The van der Waals surface area contributed by atoms with Crippen molar-refractivity contribution < 1.29 is 14.4 Å². The highest BCUT2D eigenvalue weighted by molar-refractivity contribution is 7.53. The molecule has 1 rings (SSSR count). The number of rotatable bonds is 2. The highest BCUT2D eigenvalue weighted by Gasteiger charge is 2.18. The molecule has 0 fully saturated rings. The van der Waals surface area contributed by atoms with E-state index < -0.39 is 7.75 Å². The van der Waals surface area contributed by atoms with Crippen LogP contribution < -0.4 is 5.09 Å². The van der Waals surface area contributed by atoms with Gasteiger partial charge in [-0.1, -0.05) is 38.4 Å². The fourth-order valence-corrected chi connectivity index (χ4v) is 2.03. The fourth-order valence-electron chi connectivity index (χ4n) is 1.23. The van der Waals surface area contributed by atoms with Crippen molar-refractivity contribution in [2.45, 2.75) is 26.2 Å². The summed E-state index contributed by atoms with van der Waals surface area (Å²) in [4.78, 5) is 17.5. The van der Waals surface area contributed by atoms with Gasteiger partial charge in [-0.2, -0.15) is 0 Å². The first-order chi connectivity index (χ1) is 7.09. The van der Waals surface area contributed by atoms with Gasteiger partial charge in [0.2, 0.25) is 0 Å². The highest BCUT2D eigenvalue weighted by Crippen LogP contribution is 2.39. The third-order valence-electron chi connectivity index (χ3n) is 2.10. The van der Waals surface area contributed by atoms with E-state index in [0.29, 0.717) is 5.02 Å². The molecule has 0 heterocycles. The predicted octanol–water partition coefficient (Wildman–Crippen LogP) is 3.14. The predicted molar refractivity (Wildman–Crippen MR) is 65.8 cm³/mol. The van der Waals surface area contributed by atoms with Gasteiger partial charge < -0.3 is 9.79 Å². The third kappa shape index (κ3) is 3.80. The van der Waals surface area contributed by atoms with Crippen molar-refractivity contribution in [3.8, 4) is 0 Å². The fraction of sp³-hybridized carbons (Fsp3) is 0.400. The second-order valence-corrected chi connectivity index (χ2v) is 6.32. The van der Waals surface area contributed by atoms with E-state index in [0.717, 1.165) is 5.56 Å². The van der Waals surface area contributed by atoms with Crippen LogP contribution in [0.1, 0.15) is 26.3 Å². The molecule has 90 valence electrons. The van der Waals surface area contributed by atoms with Gasteiger partial charge in [0.15, 0.2) is 0 Å². The maximum absolute atomic E-state index is 10.8. The Kier molecular flexibility index (Phi) is 3.70. The maximum atomic E-state index is 10.8. The number of anilines is 1. The Labute approximate surface area is 99.9 Å². The first kappa shape index (κ1) is 13.5. The van der Waals surface area contributed by atoms with Crippen molar-refractivity contribution in [3.05, 3.63) is 28.8 Å². The molecule has 0 bridgehead atoms. The van der Waals surface area contributed by atoms with E-state index in [4.69, 9.17) is 21.4 Å². The summed E-state index contributed by atoms with van der Waals surface area (Å²) in [5, 5.41) is 2.36. The van der Waals surface area contributed by atoms with Gasteiger partial charge in [0.25, 0.3) is 0 Å². The maximum Gasteiger partial charge on any atom is 0.427 e. The molecule has 0 unspecified atom stereocenters. The zero-order chi connectivity index (χ0) is 12.6. The van der Waals surface area contributed by atoms with E-state index in [1.165, 1.54) is 0 Å². The van der Waals surface area contributed by atoms with Gasteiger partial charge in [-0.15, -0.1) is 0 Å². The van der Waals surface area contributed by atoms with Gasteiger partial charge in [-0.3, -0.25) is 5.09 Å². The number of halogens is 1. The summed E-state index contributed by atoms with van der Waals surface area (Å²) in [6.45, 7) is 6.11. The number of nitrogens with one attached hydrogen (secondary N) is 1. The summed E-state index contributed by atoms with van der Waals surface area (Å²) in [7, 11) is -4.30. The van der Waals surface area contributed by atoms with Gasteiger partial charge in [0.05, 0.1) is 10.7 Å². The Bertz CT molecular complexity index is 436. The second-order valence-electron chi connectivity index (χ2n) is 4.60. The van der Waals surface area contributed by atoms with Crippen molar-refractivity contribution in [1.29, 1.82) is 0 Å². The van der Waals surface area contributed by atoms with E-state index >= 15 is 0 Å². The summed E-state index contributed by atoms with van der Waals surface area (Å²) in [6.07, 6.45) is 0. The molecule has 0 spiro atoms. The van der Waals surface area contributed by atoms with E-state index in [9.17, 15) is 4.57 Å². The lowest BCUT2D eigenvalue weighted by Crippen LogP contribution is -2.11. The van der Waals surface area contributed by atoms with Crippen LogP contribution in [0, 0.1) is 0 Å². The van der Waals surface area contributed by atoms with E-state index in [1.54, 1.807) is 18.2 Å². The summed E-state index contributed by atoms with van der Waals surface area (Å²) >= 11 is 5.94. The van der Waals surface area contributed by atoms with Crippen LogP contribution in [0.3, 0.4) is 0 Å². The minimum absolute atomic E-state index is 0.0513. The zero-order valence-electron chi connectivity index (χ0n) is 9.36. The third-order valence-corrected chi connectivity index (χ3v) is 2.95. The molecular weight excluding hydrogens is 249 g/mol. The molecule has 1 aromatic rings. The summed E-state index contributed by atoms with van der Waals surface area (Å²) in [5.41, 5.74) is 1.20. The Morgan fingerprint density at radius 2 is 1.88 bits per heavy atom. The van der Waals surface area contributed by atoms with Crippen LogP contribution in [0.5, 0.6) is 0 Å². The van der Waals surface area contributed by atoms with E-state index in [-0.39, 0.29) is 11.1 Å². The lowest BCUT2D eigenvalue weighted by atomic mass is 9.87. The van der Waals surface area contributed by atoms with Crippen molar-refractivity contribution in [3.63, 3.8) is 0 Å². The van der Waals surface area contributed by atoms with Gasteiger partial charge in [-0.05, 0) is 23.1 Å². The summed E-state index contributed by atoms with van der Waals surface area (Å²) in [5.74, 6) is 0. The number of benzene rings is 1. The first-order valence-corrected chi connectivity index (χ1v) is 6.72. The molecule has 6 heteroatoms. The molecule has 0 saturated heterocycles. The molecule has 0 aromatic heterocycles. The lowest BCUT2D eigenvalue weighted by molar-refractivity contribution is 0.380. The topological polar surface area (TPSA) is 69.6 Å². The number of hydrogen-bond acceptors (Lipinski definition) is 1. The second kappa shape index (κ2) is 4.38. The van der Waals surface area contributed by atoms with Crippen molar-refractivity contribution >= 4 is 25.0 Å². The molecule has 0 radical (unpaired) electrons. The monoisotopic (exact) mass is 263 g/mol. The molecule has 4 nitrogen and oxygen atoms in total. The van der Waals surface area contributed by atoms with Crippen LogP contribution in [0.4, 0.5) is 5.69 Å². The standard InChI is InChI=1S/C10H15ClNO3P/c1-10(2,3)7-4-5-9(8(11)6-7)12-16(13,14)15/h4-6H,1-3H3,(H3,12,13,14,15). The molecule has 0 aliphatic carbocycles. The van der Waals surface area contributed by atoms with Crippen molar-refractivity contribution in [1.82, 2.24) is 0 Å². The largest absolute Gasteiger partial charge is 0.427 e. The zero-order valence-corrected chi connectivity index (χ0v) is 11.0. The molecule has 0 amide bonds. The van der Waals surface area contributed by atoms with Gasteiger partial charge in [0, 0.05) is 0 Å². The summed E-state index contributed by atoms with van der Waals surface area (Å²) in [6, 6.07) is 5.07. The van der Waals surface area contributed by atoms with Crippen LogP contribution >= 0.6 is 19.3 Å². The van der Waals surface area contributed by atoms with Crippen LogP contribution in [-0.2, 0) is 9.98 Å². The van der Waals surface area contributed by atoms with Crippen molar-refractivity contribution in [2.75, 3.05) is 5.09 Å².